The van der Waals surface area contributed by atoms with E-state index in [9.17, 15) is 9.59 Å². The number of carbonyl (C=O) groups is 2. The summed E-state index contributed by atoms with van der Waals surface area (Å²) >= 11 is 0. The highest BCUT2D eigenvalue weighted by molar-refractivity contribution is 5.91. The Morgan fingerprint density at radius 3 is 2.63 bits per heavy atom. The third-order valence-electron chi connectivity index (χ3n) is 2.27. The molecule has 1 heterocycles. The second-order valence-electron chi connectivity index (χ2n) is 3.66. The van der Waals surface area contributed by atoms with Crippen LogP contribution in [0.5, 0.6) is 5.88 Å². The molecular weight excluding hydrogens is 250 g/mol. The quantitative estimate of drug-likeness (QED) is 0.813. The van der Waals surface area contributed by atoms with Crippen molar-refractivity contribution in [2.75, 3.05) is 25.0 Å². The standard InChI is InChI=1S/C12H17N3O4/c1-3-15(8-11(16)17)12(18)14-9-5-6-10(13-7-9)19-4-2/h5-7H,3-4,8H2,1-2H3,(H,14,18)(H,16,17). The fraction of sp³-hybridized carbons (Fsp3) is 0.417. The Bertz CT molecular complexity index is 433. The molecule has 0 radical (unpaired) electrons. The molecule has 0 aromatic carbocycles. The number of pyridine rings is 1. The van der Waals surface area contributed by atoms with Gasteiger partial charge in [-0.1, -0.05) is 0 Å². The van der Waals surface area contributed by atoms with E-state index >= 15 is 0 Å². The Morgan fingerprint density at radius 1 is 1.42 bits per heavy atom. The van der Waals surface area contributed by atoms with Gasteiger partial charge in [-0.2, -0.15) is 0 Å². The van der Waals surface area contributed by atoms with E-state index in [1.54, 1.807) is 19.1 Å². The first-order valence-corrected chi connectivity index (χ1v) is 5.93. The minimum atomic E-state index is -1.05. The van der Waals surface area contributed by atoms with E-state index in [1.165, 1.54) is 11.1 Å². The zero-order chi connectivity index (χ0) is 14.3. The van der Waals surface area contributed by atoms with Crippen molar-refractivity contribution in [1.82, 2.24) is 9.88 Å². The molecular formula is C12H17N3O4. The van der Waals surface area contributed by atoms with Crippen molar-refractivity contribution >= 4 is 17.7 Å². The number of carbonyl (C=O) groups excluding carboxylic acids is 1. The SMILES string of the molecule is CCOc1ccc(NC(=O)N(CC)CC(=O)O)cn1. The summed E-state index contributed by atoms with van der Waals surface area (Å²) in [6.45, 7) is 4.04. The molecule has 19 heavy (non-hydrogen) atoms. The maximum Gasteiger partial charge on any atom is 0.323 e. The molecule has 7 heteroatoms. The predicted molar refractivity (Wildman–Crippen MR) is 69.3 cm³/mol. The molecule has 0 aliphatic carbocycles. The molecule has 0 unspecified atom stereocenters. The second kappa shape index (κ2) is 7.20. The number of carboxylic acids is 1. The second-order valence-corrected chi connectivity index (χ2v) is 3.66. The van der Waals surface area contributed by atoms with Gasteiger partial charge in [-0.05, 0) is 19.9 Å². The summed E-state index contributed by atoms with van der Waals surface area (Å²) in [5, 5.41) is 11.2. The highest BCUT2D eigenvalue weighted by Crippen LogP contribution is 2.12. The number of anilines is 1. The van der Waals surface area contributed by atoms with Crippen molar-refractivity contribution in [3.63, 3.8) is 0 Å². The van der Waals surface area contributed by atoms with Crippen molar-refractivity contribution in [1.29, 1.82) is 0 Å². The van der Waals surface area contributed by atoms with Crippen molar-refractivity contribution in [2.24, 2.45) is 0 Å². The minimum absolute atomic E-state index is 0.308. The molecule has 0 saturated carbocycles. The monoisotopic (exact) mass is 267 g/mol. The number of aromatic nitrogens is 1. The number of amides is 2. The number of carboxylic acid groups (broad SMARTS) is 1. The Kier molecular flexibility index (Phi) is 5.59. The summed E-state index contributed by atoms with van der Waals surface area (Å²) in [4.78, 5) is 27.5. The molecule has 1 aromatic heterocycles. The third kappa shape index (κ3) is 4.82. The summed E-state index contributed by atoms with van der Waals surface area (Å²) in [6, 6.07) is 2.80. The van der Waals surface area contributed by atoms with Crippen LogP contribution >= 0.6 is 0 Å². The summed E-state index contributed by atoms with van der Waals surface area (Å²) in [7, 11) is 0. The van der Waals surface area contributed by atoms with Crippen LogP contribution in [0.2, 0.25) is 0 Å². The molecule has 0 bridgehead atoms. The van der Waals surface area contributed by atoms with Crippen LogP contribution < -0.4 is 10.1 Å². The fourth-order valence-electron chi connectivity index (χ4n) is 1.38. The Balaban J connectivity index is 2.62. The van der Waals surface area contributed by atoms with Crippen LogP contribution in [0.4, 0.5) is 10.5 Å². The number of ether oxygens (including phenoxy) is 1. The number of hydrogen-bond acceptors (Lipinski definition) is 4. The molecule has 7 nitrogen and oxygen atoms in total. The number of rotatable bonds is 6. The molecule has 2 amide bonds. The van der Waals surface area contributed by atoms with Crippen LogP contribution in [-0.2, 0) is 4.79 Å². The van der Waals surface area contributed by atoms with E-state index in [4.69, 9.17) is 9.84 Å². The summed E-state index contributed by atoms with van der Waals surface area (Å²) in [5.41, 5.74) is 0.484. The van der Waals surface area contributed by atoms with Crippen LogP contribution in [0.15, 0.2) is 18.3 Å². The van der Waals surface area contributed by atoms with Crippen LogP contribution in [0, 0.1) is 0 Å². The van der Waals surface area contributed by atoms with Crippen LogP contribution in [-0.4, -0.2) is 46.7 Å². The van der Waals surface area contributed by atoms with Gasteiger partial charge in [0, 0.05) is 12.6 Å². The molecule has 0 atom stereocenters. The summed E-state index contributed by atoms with van der Waals surface area (Å²) in [5.74, 6) is -0.583. The average Bonchev–Trinajstić information content (AvgIpc) is 2.38. The van der Waals surface area contributed by atoms with Crippen LogP contribution in [0.25, 0.3) is 0 Å². The lowest BCUT2D eigenvalue weighted by molar-refractivity contribution is -0.137. The van der Waals surface area contributed by atoms with Gasteiger partial charge in [0.2, 0.25) is 5.88 Å². The van der Waals surface area contributed by atoms with Gasteiger partial charge in [-0.15, -0.1) is 0 Å². The third-order valence-corrected chi connectivity index (χ3v) is 2.27. The van der Waals surface area contributed by atoms with Crippen LogP contribution in [0.3, 0.4) is 0 Å². The highest BCUT2D eigenvalue weighted by Gasteiger charge is 2.14. The number of nitrogens with one attached hydrogen (secondary N) is 1. The van der Waals surface area contributed by atoms with E-state index in [0.717, 1.165) is 0 Å². The fourth-order valence-corrected chi connectivity index (χ4v) is 1.38. The van der Waals surface area contributed by atoms with Gasteiger partial charge in [0.1, 0.15) is 6.54 Å². The molecule has 1 aromatic rings. The topological polar surface area (TPSA) is 91.8 Å². The van der Waals surface area contributed by atoms with Crippen LogP contribution in [0.1, 0.15) is 13.8 Å². The van der Waals surface area contributed by atoms with Crippen molar-refractivity contribution in [3.8, 4) is 5.88 Å². The zero-order valence-electron chi connectivity index (χ0n) is 10.9. The molecule has 0 fully saturated rings. The highest BCUT2D eigenvalue weighted by atomic mass is 16.5. The van der Waals surface area contributed by atoms with Gasteiger partial charge in [0.25, 0.3) is 0 Å². The average molecular weight is 267 g/mol. The van der Waals surface area contributed by atoms with Gasteiger partial charge in [0.05, 0.1) is 18.5 Å². The van der Waals surface area contributed by atoms with Crippen molar-refractivity contribution < 1.29 is 19.4 Å². The molecule has 0 aliphatic heterocycles. The van der Waals surface area contributed by atoms with E-state index in [-0.39, 0.29) is 6.54 Å². The summed E-state index contributed by atoms with van der Waals surface area (Å²) in [6.07, 6.45) is 1.46. The Labute approximate surface area is 111 Å². The maximum atomic E-state index is 11.8. The van der Waals surface area contributed by atoms with Gasteiger partial charge in [0.15, 0.2) is 0 Å². The molecule has 1 rings (SSSR count). The lowest BCUT2D eigenvalue weighted by Gasteiger charge is -2.19. The maximum absolute atomic E-state index is 11.8. The lowest BCUT2D eigenvalue weighted by Crippen LogP contribution is -2.38. The van der Waals surface area contributed by atoms with Gasteiger partial charge < -0.3 is 20.1 Å². The largest absolute Gasteiger partial charge is 0.480 e. The number of nitrogens with zero attached hydrogens (tertiary/aromatic N) is 2. The summed E-state index contributed by atoms with van der Waals surface area (Å²) < 4.78 is 5.18. The molecule has 0 saturated heterocycles. The van der Waals surface area contributed by atoms with Crippen molar-refractivity contribution in [2.45, 2.75) is 13.8 Å². The van der Waals surface area contributed by atoms with Crippen molar-refractivity contribution in [3.05, 3.63) is 18.3 Å². The first kappa shape index (κ1) is 14.7. The van der Waals surface area contributed by atoms with E-state index in [2.05, 4.69) is 10.3 Å². The molecule has 0 aliphatic rings. The molecule has 104 valence electrons. The molecule has 2 N–H and O–H groups in total. The molecule has 0 spiro atoms. The van der Waals surface area contributed by atoms with E-state index in [1.807, 2.05) is 6.92 Å². The smallest absolute Gasteiger partial charge is 0.323 e. The van der Waals surface area contributed by atoms with E-state index < -0.39 is 12.0 Å². The van der Waals surface area contributed by atoms with Gasteiger partial charge >= 0.3 is 12.0 Å². The number of hydrogen-bond donors (Lipinski definition) is 2. The number of urea groups is 1. The predicted octanol–water partition coefficient (Wildman–Crippen LogP) is 1.42. The first-order valence-electron chi connectivity index (χ1n) is 5.93. The van der Waals surface area contributed by atoms with Gasteiger partial charge in [-0.3, -0.25) is 4.79 Å². The number of aliphatic carboxylic acids is 1. The Morgan fingerprint density at radius 2 is 2.16 bits per heavy atom. The lowest BCUT2D eigenvalue weighted by atomic mass is 10.4. The first-order chi connectivity index (χ1) is 9.06. The minimum Gasteiger partial charge on any atom is -0.480 e. The van der Waals surface area contributed by atoms with E-state index in [0.29, 0.717) is 24.7 Å². The van der Waals surface area contributed by atoms with Gasteiger partial charge in [-0.25, -0.2) is 9.78 Å². The Hall–Kier alpha value is -2.31. The number of likely N-dealkylation sites (N-methyl/N-ethyl adjacent to an activating group) is 1. The zero-order valence-corrected chi connectivity index (χ0v) is 10.9. The normalized spacial score (nSPS) is 9.79.